The number of allylic oxidation sites excluding steroid dienone is 2. The van der Waals surface area contributed by atoms with Gasteiger partial charge in [0, 0.05) is 19.8 Å². The molecule has 8 heteroatoms. The summed E-state index contributed by atoms with van der Waals surface area (Å²) in [6.45, 7) is 4.41. The smallest absolute Gasteiger partial charge is 0.265 e. The molecule has 0 fully saturated rings. The second kappa shape index (κ2) is 5.44. The topological polar surface area (TPSA) is 86.8 Å². The summed E-state index contributed by atoms with van der Waals surface area (Å²) in [4.78, 5) is 16.6. The Balaban J connectivity index is 2.61. The minimum atomic E-state index is -3.58. The number of aryl methyl sites for hydroxylation is 2. The molecule has 2 rings (SSSR count). The molecule has 0 radical (unpaired) electrons. The highest BCUT2D eigenvalue weighted by Crippen LogP contribution is 2.16. The summed E-state index contributed by atoms with van der Waals surface area (Å²) in [5, 5.41) is 3.75. The lowest BCUT2D eigenvalue weighted by Gasteiger charge is -2.03. The first-order valence-corrected chi connectivity index (χ1v) is 8.36. The Labute approximate surface area is 122 Å². The first-order chi connectivity index (χ1) is 9.71. The Morgan fingerprint density at radius 1 is 1.38 bits per heavy atom. The van der Waals surface area contributed by atoms with Crippen molar-refractivity contribution >= 4 is 20.9 Å². The number of sulfone groups is 1. The lowest BCUT2D eigenvalue weighted by Crippen LogP contribution is -2.21. The maximum absolute atomic E-state index is 12.5. The third-order valence-electron chi connectivity index (χ3n) is 3.05. The zero-order valence-corrected chi connectivity index (χ0v) is 13.3. The quantitative estimate of drug-likeness (QED) is 0.783. The molecule has 0 aliphatic rings. The normalized spacial score (nSPS) is 11.8. The molecule has 0 amide bonds. The van der Waals surface area contributed by atoms with Gasteiger partial charge in [0.2, 0.25) is 0 Å². The van der Waals surface area contributed by atoms with Crippen LogP contribution in [0.1, 0.15) is 20.3 Å². The van der Waals surface area contributed by atoms with Crippen molar-refractivity contribution in [3.05, 3.63) is 28.3 Å². The van der Waals surface area contributed by atoms with Crippen LogP contribution in [0.5, 0.6) is 0 Å². The van der Waals surface area contributed by atoms with Crippen LogP contribution in [0.4, 0.5) is 0 Å². The third kappa shape index (κ3) is 3.05. The Morgan fingerprint density at radius 3 is 2.62 bits per heavy atom. The van der Waals surface area contributed by atoms with Gasteiger partial charge in [0.1, 0.15) is 5.39 Å². The number of aromatic nitrogens is 4. The molecule has 0 spiro atoms. The van der Waals surface area contributed by atoms with Crippen molar-refractivity contribution < 1.29 is 8.42 Å². The van der Waals surface area contributed by atoms with E-state index in [0.29, 0.717) is 13.0 Å². The first kappa shape index (κ1) is 15.4. The average molecular weight is 310 g/mol. The molecule has 0 aliphatic carbocycles. The van der Waals surface area contributed by atoms with E-state index in [0.717, 1.165) is 11.8 Å². The molecule has 7 nitrogen and oxygen atoms in total. The van der Waals surface area contributed by atoms with Gasteiger partial charge in [-0.3, -0.25) is 9.36 Å². The van der Waals surface area contributed by atoms with E-state index in [1.165, 1.54) is 15.6 Å². The largest absolute Gasteiger partial charge is 0.298 e. The van der Waals surface area contributed by atoms with Gasteiger partial charge in [-0.05, 0) is 20.3 Å². The summed E-state index contributed by atoms with van der Waals surface area (Å²) in [6.07, 6.45) is 5.16. The van der Waals surface area contributed by atoms with E-state index >= 15 is 0 Å². The Kier molecular flexibility index (Phi) is 3.99. The maximum Gasteiger partial charge on any atom is 0.265 e. The highest BCUT2D eigenvalue weighted by atomic mass is 32.2. The molecule has 0 atom stereocenters. The molecule has 21 heavy (non-hydrogen) atoms. The van der Waals surface area contributed by atoms with Crippen LogP contribution < -0.4 is 5.56 Å². The van der Waals surface area contributed by atoms with Crippen LogP contribution in [0, 0.1) is 0 Å². The van der Waals surface area contributed by atoms with Gasteiger partial charge in [0.25, 0.3) is 5.56 Å². The van der Waals surface area contributed by atoms with Gasteiger partial charge in [-0.1, -0.05) is 11.6 Å². The van der Waals surface area contributed by atoms with Crippen LogP contribution >= 0.6 is 0 Å². The van der Waals surface area contributed by atoms with Crippen molar-refractivity contribution in [2.45, 2.75) is 31.8 Å². The van der Waals surface area contributed by atoms with E-state index in [9.17, 15) is 13.2 Å². The molecule has 2 aromatic heterocycles. The predicted octanol–water partition coefficient (Wildman–Crippen LogP) is 0.890. The van der Waals surface area contributed by atoms with E-state index in [-0.39, 0.29) is 21.6 Å². The summed E-state index contributed by atoms with van der Waals surface area (Å²) in [5.41, 5.74) is 1.06. The summed E-state index contributed by atoms with van der Waals surface area (Å²) in [7, 11) is -2.01. The van der Waals surface area contributed by atoms with E-state index in [1.807, 2.05) is 19.9 Å². The SMILES string of the molecule is CC(C)=CCCn1cnc2c(c(S(C)(=O)=O)nn2C)c1=O. The number of hydrogen-bond donors (Lipinski definition) is 0. The third-order valence-corrected chi connectivity index (χ3v) is 4.04. The van der Waals surface area contributed by atoms with Crippen molar-refractivity contribution in [3.63, 3.8) is 0 Å². The Hall–Kier alpha value is -1.96. The average Bonchev–Trinajstić information content (AvgIpc) is 2.70. The van der Waals surface area contributed by atoms with Crippen molar-refractivity contribution in [2.24, 2.45) is 7.05 Å². The van der Waals surface area contributed by atoms with Crippen LogP contribution in [0.15, 0.2) is 27.8 Å². The van der Waals surface area contributed by atoms with E-state index in [1.54, 1.807) is 7.05 Å². The standard InChI is InChI=1S/C13H18N4O3S/c1-9(2)6-5-7-17-8-14-11-10(13(17)18)12(15-16(11)3)21(4,19)20/h6,8H,5,7H2,1-4H3. The summed E-state index contributed by atoms with van der Waals surface area (Å²) < 4.78 is 26.3. The number of rotatable bonds is 4. The molecule has 2 heterocycles. The molecule has 0 saturated carbocycles. The molecule has 0 aliphatic heterocycles. The van der Waals surface area contributed by atoms with Crippen molar-refractivity contribution in [3.8, 4) is 0 Å². The highest BCUT2D eigenvalue weighted by Gasteiger charge is 2.22. The lowest BCUT2D eigenvalue weighted by atomic mass is 10.2. The molecular formula is C13H18N4O3S. The zero-order chi connectivity index (χ0) is 15.8. The van der Waals surface area contributed by atoms with Gasteiger partial charge >= 0.3 is 0 Å². The number of hydrogen-bond acceptors (Lipinski definition) is 5. The number of fused-ring (bicyclic) bond motifs is 1. The molecule has 0 bridgehead atoms. The van der Waals surface area contributed by atoms with Crippen LogP contribution in [0.2, 0.25) is 0 Å². The second-order valence-electron chi connectivity index (χ2n) is 5.21. The fourth-order valence-electron chi connectivity index (χ4n) is 2.06. The van der Waals surface area contributed by atoms with Crippen molar-refractivity contribution in [2.75, 3.05) is 6.26 Å². The lowest BCUT2D eigenvalue weighted by molar-refractivity contribution is 0.595. The summed E-state index contributed by atoms with van der Waals surface area (Å²) >= 11 is 0. The maximum atomic E-state index is 12.5. The van der Waals surface area contributed by atoms with Gasteiger partial charge in [0.05, 0.1) is 6.33 Å². The van der Waals surface area contributed by atoms with E-state index in [4.69, 9.17) is 0 Å². The minimum absolute atomic E-state index is 0.0553. The van der Waals surface area contributed by atoms with Gasteiger partial charge in [-0.15, -0.1) is 0 Å². The van der Waals surface area contributed by atoms with Crippen molar-refractivity contribution in [1.29, 1.82) is 0 Å². The molecule has 0 saturated heterocycles. The fourth-order valence-corrected chi connectivity index (χ4v) is 2.88. The van der Waals surface area contributed by atoms with Crippen LogP contribution in [-0.4, -0.2) is 34.0 Å². The highest BCUT2D eigenvalue weighted by molar-refractivity contribution is 7.90. The van der Waals surface area contributed by atoms with E-state index < -0.39 is 9.84 Å². The zero-order valence-electron chi connectivity index (χ0n) is 12.5. The molecule has 0 N–H and O–H groups in total. The van der Waals surface area contributed by atoms with Crippen LogP contribution in [0.25, 0.3) is 11.0 Å². The number of nitrogens with zero attached hydrogens (tertiary/aromatic N) is 4. The molecule has 114 valence electrons. The molecule has 2 aromatic rings. The Bertz CT molecular complexity index is 871. The van der Waals surface area contributed by atoms with Crippen LogP contribution in [-0.2, 0) is 23.4 Å². The monoisotopic (exact) mass is 310 g/mol. The minimum Gasteiger partial charge on any atom is -0.298 e. The second-order valence-corrected chi connectivity index (χ2v) is 7.14. The first-order valence-electron chi connectivity index (χ1n) is 6.47. The van der Waals surface area contributed by atoms with Gasteiger partial charge < -0.3 is 0 Å². The summed E-state index contributed by atoms with van der Waals surface area (Å²) in [5.74, 6) is 0. The van der Waals surface area contributed by atoms with Gasteiger partial charge in [0.15, 0.2) is 20.5 Å². The van der Waals surface area contributed by atoms with Gasteiger partial charge in [-0.2, -0.15) is 5.10 Å². The Morgan fingerprint density at radius 2 is 2.05 bits per heavy atom. The molecule has 0 unspecified atom stereocenters. The predicted molar refractivity (Wildman–Crippen MR) is 79.9 cm³/mol. The molecular weight excluding hydrogens is 292 g/mol. The van der Waals surface area contributed by atoms with Crippen LogP contribution in [0.3, 0.4) is 0 Å². The summed E-state index contributed by atoms with van der Waals surface area (Å²) in [6, 6.07) is 0. The molecule has 0 aromatic carbocycles. The van der Waals surface area contributed by atoms with Gasteiger partial charge in [-0.25, -0.2) is 18.1 Å². The fraction of sp³-hybridized carbons (Fsp3) is 0.462. The van der Waals surface area contributed by atoms with Crippen molar-refractivity contribution in [1.82, 2.24) is 19.3 Å². The van der Waals surface area contributed by atoms with E-state index in [2.05, 4.69) is 10.1 Å².